The van der Waals surface area contributed by atoms with Crippen LogP contribution in [0.25, 0.3) is 0 Å². The normalized spacial score (nSPS) is 32.2. The van der Waals surface area contributed by atoms with Crippen molar-refractivity contribution < 1.29 is 0 Å². The van der Waals surface area contributed by atoms with Crippen molar-refractivity contribution in [2.24, 2.45) is 5.73 Å². The zero-order valence-corrected chi connectivity index (χ0v) is 8.42. The first-order valence-corrected chi connectivity index (χ1v) is 5.23. The summed E-state index contributed by atoms with van der Waals surface area (Å²) in [6, 6.07) is 1.19. The largest absolute Gasteiger partial charge is 0.327 e. The van der Waals surface area contributed by atoms with E-state index in [2.05, 4.69) is 18.7 Å². The fraction of sp³-hybridized carbons (Fsp3) is 1.00. The third-order valence-electron chi connectivity index (χ3n) is 2.85. The smallest absolute Gasteiger partial charge is 0.0168 e. The SMILES string of the molecule is CCCCN1CC(N)CCC1C. The predicted octanol–water partition coefficient (Wildman–Crippen LogP) is 1.60. The number of hydrogen-bond donors (Lipinski definition) is 1. The van der Waals surface area contributed by atoms with Crippen LogP contribution in [-0.4, -0.2) is 30.1 Å². The number of likely N-dealkylation sites (tertiary alicyclic amines) is 1. The van der Waals surface area contributed by atoms with E-state index >= 15 is 0 Å². The highest BCUT2D eigenvalue weighted by molar-refractivity contribution is 4.80. The fourth-order valence-electron chi connectivity index (χ4n) is 1.88. The van der Waals surface area contributed by atoms with Crippen LogP contribution in [0.1, 0.15) is 39.5 Å². The zero-order valence-electron chi connectivity index (χ0n) is 8.42. The molecule has 0 aliphatic carbocycles. The van der Waals surface area contributed by atoms with E-state index in [4.69, 9.17) is 5.73 Å². The van der Waals surface area contributed by atoms with Crippen LogP contribution >= 0.6 is 0 Å². The van der Waals surface area contributed by atoms with Crippen molar-refractivity contribution in [1.82, 2.24) is 4.90 Å². The maximum atomic E-state index is 5.92. The van der Waals surface area contributed by atoms with Crippen molar-refractivity contribution in [3.05, 3.63) is 0 Å². The molecule has 2 nitrogen and oxygen atoms in total. The third kappa shape index (κ3) is 2.76. The van der Waals surface area contributed by atoms with Crippen LogP contribution in [-0.2, 0) is 0 Å². The van der Waals surface area contributed by atoms with Crippen molar-refractivity contribution in [2.75, 3.05) is 13.1 Å². The molecule has 0 amide bonds. The Morgan fingerprint density at radius 1 is 1.42 bits per heavy atom. The summed E-state index contributed by atoms with van der Waals surface area (Å²) in [6.07, 6.45) is 5.10. The molecule has 12 heavy (non-hydrogen) atoms. The average Bonchev–Trinajstić information content (AvgIpc) is 2.07. The third-order valence-corrected chi connectivity index (χ3v) is 2.85. The van der Waals surface area contributed by atoms with E-state index in [1.165, 1.54) is 32.2 Å². The summed E-state index contributed by atoms with van der Waals surface area (Å²) in [6.45, 7) is 6.92. The first-order chi connectivity index (χ1) is 5.74. The van der Waals surface area contributed by atoms with Gasteiger partial charge in [-0.15, -0.1) is 0 Å². The van der Waals surface area contributed by atoms with Crippen LogP contribution in [0.5, 0.6) is 0 Å². The average molecular weight is 170 g/mol. The first-order valence-electron chi connectivity index (χ1n) is 5.23. The molecule has 0 saturated carbocycles. The van der Waals surface area contributed by atoms with Crippen LogP contribution in [0.3, 0.4) is 0 Å². The van der Waals surface area contributed by atoms with E-state index in [-0.39, 0.29) is 0 Å². The molecular weight excluding hydrogens is 148 g/mol. The summed E-state index contributed by atoms with van der Waals surface area (Å²) in [5.74, 6) is 0. The summed E-state index contributed by atoms with van der Waals surface area (Å²) in [4.78, 5) is 2.54. The van der Waals surface area contributed by atoms with E-state index in [9.17, 15) is 0 Å². The van der Waals surface area contributed by atoms with Crippen molar-refractivity contribution in [3.63, 3.8) is 0 Å². The lowest BCUT2D eigenvalue weighted by Gasteiger charge is -2.36. The van der Waals surface area contributed by atoms with Gasteiger partial charge in [0, 0.05) is 18.6 Å². The Bertz CT molecular complexity index is 125. The molecule has 1 aliphatic rings. The van der Waals surface area contributed by atoms with Gasteiger partial charge in [-0.05, 0) is 32.7 Å². The molecule has 1 rings (SSSR count). The van der Waals surface area contributed by atoms with Crippen LogP contribution < -0.4 is 5.73 Å². The molecule has 2 atom stereocenters. The Labute approximate surface area is 76.1 Å². The van der Waals surface area contributed by atoms with Crippen LogP contribution in [0, 0.1) is 0 Å². The van der Waals surface area contributed by atoms with Crippen LogP contribution in [0.2, 0.25) is 0 Å². The van der Waals surface area contributed by atoms with Gasteiger partial charge in [0.15, 0.2) is 0 Å². The lowest BCUT2D eigenvalue weighted by molar-refractivity contribution is 0.144. The minimum absolute atomic E-state index is 0.429. The maximum Gasteiger partial charge on any atom is 0.0168 e. The Morgan fingerprint density at radius 3 is 2.83 bits per heavy atom. The zero-order chi connectivity index (χ0) is 8.97. The van der Waals surface area contributed by atoms with E-state index in [0.717, 1.165) is 12.6 Å². The minimum atomic E-state index is 0.429. The van der Waals surface area contributed by atoms with Gasteiger partial charge in [-0.1, -0.05) is 13.3 Å². The van der Waals surface area contributed by atoms with E-state index in [1.807, 2.05) is 0 Å². The van der Waals surface area contributed by atoms with Crippen molar-refractivity contribution >= 4 is 0 Å². The maximum absolute atomic E-state index is 5.92. The van der Waals surface area contributed by atoms with Crippen LogP contribution in [0.4, 0.5) is 0 Å². The first kappa shape index (κ1) is 10.0. The summed E-state index contributed by atoms with van der Waals surface area (Å²) in [5, 5.41) is 0. The second-order valence-corrected chi connectivity index (χ2v) is 4.03. The molecule has 1 aliphatic heterocycles. The molecule has 0 aromatic carbocycles. The summed E-state index contributed by atoms with van der Waals surface area (Å²) >= 11 is 0. The van der Waals surface area contributed by atoms with E-state index in [1.54, 1.807) is 0 Å². The summed E-state index contributed by atoms with van der Waals surface area (Å²) < 4.78 is 0. The Balaban J connectivity index is 2.28. The Hall–Kier alpha value is -0.0800. The molecule has 2 heteroatoms. The number of nitrogens with zero attached hydrogens (tertiary/aromatic N) is 1. The molecule has 1 fully saturated rings. The molecule has 72 valence electrons. The highest BCUT2D eigenvalue weighted by atomic mass is 15.2. The molecule has 0 aromatic rings. The highest BCUT2D eigenvalue weighted by Gasteiger charge is 2.21. The number of hydrogen-bond acceptors (Lipinski definition) is 2. The van der Waals surface area contributed by atoms with Gasteiger partial charge >= 0.3 is 0 Å². The lowest BCUT2D eigenvalue weighted by Crippen LogP contribution is -2.47. The molecule has 0 spiro atoms. The summed E-state index contributed by atoms with van der Waals surface area (Å²) in [7, 11) is 0. The molecule has 0 radical (unpaired) electrons. The van der Waals surface area contributed by atoms with E-state index < -0.39 is 0 Å². The van der Waals surface area contributed by atoms with Gasteiger partial charge in [-0.3, -0.25) is 4.90 Å². The standard InChI is InChI=1S/C10H22N2/c1-3-4-7-12-8-10(11)6-5-9(12)2/h9-10H,3-8,11H2,1-2H3. The highest BCUT2D eigenvalue weighted by Crippen LogP contribution is 2.16. The van der Waals surface area contributed by atoms with Crippen molar-refractivity contribution in [1.29, 1.82) is 0 Å². The fourth-order valence-corrected chi connectivity index (χ4v) is 1.88. The molecule has 2 unspecified atom stereocenters. The molecule has 2 N–H and O–H groups in total. The predicted molar refractivity (Wildman–Crippen MR) is 53.2 cm³/mol. The monoisotopic (exact) mass is 170 g/mol. The van der Waals surface area contributed by atoms with Gasteiger partial charge in [0.2, 0.25) is 0 Å². The minimum Gasteiger partial charge on any atom is -0.327 e. The number of rotatable bonds is 3. The molecular formula is C10H22N2. The Morgan fingerprint density at radius 2 is 2.17 bits per heavy atom. The van der Waals surface area contributed by atoms with Crippen LogP contribution in [0.15, 0.2) is 0 Å². The van der Waals surface area contributed by atoms with Gasteiger partial charge in [-0.2, -0.15) is 0 Å². The Kier molecular flexibility index (Phi) is 4.02. The van der Waals surface area contributed by atoms with Crippen molar-refractivity contribution in [2.45, 2.75) is 51.6 Å². The van der Waals surface area contributed by atoms with Crippen molar-refractivity contribution in [3.8, 4) is 0 Å². The quantitative estimate of drug-likeness (QED) is 0.697. The summed E-state index contributed by atoms with van der Waals surface area (Å²) in [5.41, 5.74) is 5.92. The van der Waals surface area contributed by atoms with Gasteiger partial charge in [-0.25, -0.2) is 0 Å². The molecule has 0 aromatic heterocycles. The van der Waals surface area contributed by atoms with Gasteiger partial charge in [0.1, 0.15) is 0 Å². The second kappa shape index (κ2) is 4.83. The van der Waals surface area contributed by atoms with Gasteiger partial charge < -0.3 is 5.73 Å². The number of nitrogens with two attached hydrogens (primary N) is 1. The van der Waals surface area contributed by atoms with Gasteiger partial charge in [0.05, 0.1) is 0 Å². The number of piperidine rings is 1. The van der Waals surface area contributed by atoms with E-state index in [0.29, 0.717) is 6.04 Å². The lowest BCUT2D eigenvalue weighted by atomic mass is 10.00. The topological polar surface area (TPSA) is 29.3 Å². The molecule has 0 bridgehead atoms. The molecule has 1 heterocycles. The second-order valence-electron chi connectivity index (χ2n) is 4.03. The van der Waals surface area contributed by atoms with Gasteiger partial charge in [0.25, 0.3) is 0 Å². The number of unbranched alkanes of at least 4 members (excludes halogenated alkanes) is 1. The molecule has 1 saturated heterocycles.